The Balaban J connectivity index is 1.47. The number of rotatable bonds is 7. The van der Waals surface area contributed by atoms with Crippen molar-refractivity contribution in [2.24, 2.45) is 0 Å². The first-order valence-electron chi connectivity index (χ1n) is 10.8. The Morgan fingerprint density at radius 3 is 1.88 bits per heavy atom. The van der Waals surface area contributed by atoms with Crippen LogP contribution in [0.4, 0.5) is 13.2 Å². The quantitative estimate of drug-likeness (QED) is 0.398. The smallest absolute Gasteiger partial charge is 0.416 e. The number of benzene rings is 3. The van der Waals surface area contributed by atoms with Crippen LogP contribution in [0.15, 0.2) is 91.0 Å². The van der Waals surface area contributed by atoms with E-state index in [4.69, 9.17) is 4.74 Å². The zero-order valence-electron chi connectivity index (χ0n) is 17.9. The summed E-state index contributed by atoms with van der Waals surface area (Å²) in [5.74, 6) is 0.648. The first-order valence-corrected chi connectivity index (χ1v) is 10.8. The van der Waals surface area contributed by atoms with Crippen molar-refractivity contribution >= 4 is 5.76 Å². The van der Waals surface area contributed by atoms with Gasteiger partial charge >= 0.3 is 6.18 Å². The highest BCUT2D eigenvalue weighted by atomic mass is 19.4. The molecule has 1 unspecified atom stereocenters. The second kappa shape index (κ2) is 9.61. The van der Waals surface area contributed by atoms with Crippen LogP contribution in [-0.2, 0) is 24.0 Å². The van der Waals surface area contributed by atoms with Crippen LogP contribution in [0.1, 0.15) is 35.6 Å². The second-order valence-corrected chi connectivity index (χ2v) is 8.15. The summed E-state index contributed by atoms with van der Waals surface area (Å²) in [5.41, 5.74) is 2.47. The van der Waals surface area contributed by atoms with E-state index in [1.165, 1.54) is 23.3 Å². The van der Waals surface area contributed by atoms with E-state index in [9.17, 15) is 13.2 Å². The third kappa shape index (κ3) is 5.40. The first kappa shape index (κ1) is 22.2. The number of halogens is 3. The molecule has 0 aliphatic carbocycles. The van der Waals surface area contributed by atoms with Gasteiger partial charge in [-0.3, -0.25) is 4.90 Å². The average molecular weight is 438 g/mol. The number of alkyl halides is 3. The van der Waals surface area contributed by atoms with Gasteiger partial charge in [0.25, 0.3) is 0 Å². The Morgan fingerprint density at radius 2 is 1.38 bits per heavy atom. The van der Waals surface area contributed by atoms with Crippen molar-refractivity contribution in [3.05, 3.63) is 113 Å². The number of nitrogens with zero attached hydrogens (tertiary/aromatic N) is 1. The summed E-state index contributed by atoms with van der Waals surface area (Å²) < 4.78 is 44.8. The average Bonchev–Trinajstić information content (AvgIpc) is 3.29. The molecule has 3 aromatic carbocycles. The summed E-state index contributed by atoms with van der Waals surface area (Å²) >= 11 is 0. The summed E-state index contributed by atoms with van der Waals surface area (Å²) in [5, 5.41) is 0. The molecule has 4 rings (SSSR count). The maximum Gasteiger partial charge on any atom is 0.416 e. The van der Waals surface area contributed by atoms with E-state index in [-0.39, 0.29) is 12.1 Å². The van der Waals surface area contributed by atoms with E-state index in [0.29, 0.717) is 11.3 Å². The lowest BCUT2D eigenvalue weighted by Gasteiger charge is -2.33. The third-order valence-corrected chi connectivity index (χ3v) is 5.88. The molecular formula is C27H26F3NO. The maximum atomic E-state index is 12.9. The topological polar surface area (TPSA) is 12.5 Å². The van der Waals surface area contributed by atoms with Crippen LogP contribution in [0.2, 0.25) is 0 Å². The van der Waals surface area contributed by atoms with Gasteiger partial charge in [-0.2, -0.15) is 13.2 Å². The monoisotopic (exact) mass is 437 g/mol. The Bertz CT molecular complexity index is 989. The van der Waals surface area contributed by atoms with Crippen molar-refractivity contribution in [2.75, 3.05) is 0 Å². The molecule has 2 atom stereocenters. The van der Waals surface area contributed by atoms with Crippen LogP contribution in [0.25, 0.3) is 5.76 Å². The van der Waals surface area contributed by atoms with Crippen LogP contribution in [0.3, 0.4) is 0 Å². The lowest BCUT2D eigenvalue weighted by molar-refractivity contribution is -0.137. The van der Waals surface area contributed by atoms with Crippen LogP contribution >= 0.6 is 0 Å². The van der Waals surface area contributed by atoms with Gasteiger partial charge in [-0.25, -0.2) is 0 Å². The molecule has 1 heterocycles. The molecule has 3 aromatic rings. The molecule has 0 aromatic heterocycles. The molecule has 5 heteroatoms. The van der Waals surface area contributed by atoms with Crippen LogP contribution < -0.4 is 0 Å². The number of hydrogen-bond acceptors (Lipinski definition) is 2. The normalized spacial score (nSPS) is 17.2. The molecule has 0 saturated heterocycles. The Labute approximate surface area is 187 Å². The lowest BCUT2D eigenvalue weighted by atomic mass is 10.1. The molecule has 0 fully saturated rings. The highest BCUT2D eigenvalue weighted by molar-refractivity contribution is 5.62. The largest absolute Gasteiger partial charge is 0.488 e. The van der Waals surface area contributed by atoms with E-state index >= 15 is 0 Å². The van der Waals surface area contributed by atoms with Crippen LogP contribution in [0.5, 0.6) is 0 Å². The van der Waals surface area contributed by atoms with Gasteiger partial charge in [0, 0.05) is 31.1 Å². The van der Waals surface area contributed by atoms with Gasteiger partial charge in [0.1, 0.15) is 11.9 Å². The van der Waals surface area contributed by atoms with E-state index in [2.05, 4.69) is 36.1 Å². The summed E-state index contributed by atoms with van der Waals surface area (Å²) in [6, 6.07) is 25.9. The first-order chi connectivity index (χ1) is 15.4. The molecule has 0 saturated carbocycles. The SMILES string of the molecule is C[C@@H](C1CC=C(c2ccc(C(F)(F)F)cc2)O1)N(Cc1ccccc1)Cc1ccccc1. The third-order valence-electron chi connectivity index (χ3n) is 5.88. The lowest BCUT2D eigenvalue weighted by Crippen LogP contribution is -2.40. The van der Waals surface area contributed by atoms with Crippen molar-refractivity contribution in [3.8, 4) is 0 Å². The fourth-order valence-electron chi connectivity index (χ4n) is 4.00. The maximum absolute atomic E-state index is 12.9. The van der Waals surface area contributed by atoms with Gasteiger partial charge in [0.2, 0.25) is 0 Å². The summed E-state index contributed by atoms with van der Waals surface area (Å²) in [4.78, 5) is 2.39. The van der Waals surface area contributed by atoms with E-state index in [1.807, 2.05) is 42.5 Å². The van der Waals surface area contributed by atoms with Gasteiger partial charge in [0.15, 0.2) is 0 Å². The molecule has 1 aliphatic heterocycles. The minimum absolute atomic E-state index is 0.0697. The standard InChI is InChI=1S/C27H26F3NO/c1-20(25-16-17-26(32-25)23-12-14-24(15-13-23)27(28,29)30)31(18-21-8-4-2-5-9-21)19-22-10-6-3-7-11-22/h2-15,17,20,25H,16,18-19H2,1H3/t20-,25?/m0/s1. The fourth-order valence-corrected chi connectivity index (χ4v) is 4.00. The Hall–Kier alpha value is -3.05. The molecule has 32 heavy (non-hydrogen) atoms. The Kier molecular flexibility index (Phi) is 6.66. The van der Waals surface area contributed by atoms with Gasteiger partial charge in [0.05, 0.1) is 5.56 Å². The molecule has 0 spiro atoms. The van der Waals surface area contributed by atoms with E-state index in [0.717, 1.165) is 31.6 Å². The molecular weight excluding hydrogens is 411 g/mol. The number of ether oxygens (including phenoxy) is 1. The molecule has 1 aliphatic rings. The zero-order valence-corrected chi connectivity index (χ0v) is 17.9. The summed E-state index contributed by atoms with van der Waals surface area (Å²) in [6.07, 6.45) is -1.71. The predicted molar refractivity (Wildman–Crippen MR) is 121 cm³/mol. The molecule has 0 N–H and O–H groups in total. The van der Waals surface area contributed by atoms with E-state index in [1.54, 1.807) is 0 Å². The van der Waals surface area contributed by atoms with Crippen molar-refractivity contribution in [3.63, 3.8) is 0 Å². The van der Waals surface area contributed by atoms with Crippen molar-refractivity contribution < 1.29 is 17.9 Å². The zero-order chi connectivity index (χ0) is 22.6. The molecule has 0 bridgehead atoms. The van der Waals surface area contributed by atoms with Crippen LogP contribution in [0, 0.1) is 0 Å². The van der Waals surface area contributed by atoms with Crippen LogP contribution in [-0.4, -0.2) is 17.0 Å². The minimum atomic E-state index is -4.34. The van der Waals surface area contributed by atoms with Gasteiger partial charge in [-0.15, -0.1) is 0 Å². The van der Waals surface area contributed by atoms with Crippen molar-refractivity contribution in [2.45, 2.75) is 44.8 Å². The highest BCUT2D eigenvalue weighted by Gasteiger charge is 2.32. The number of hydrogen-bond donors (Lipinski definition) is 0. The molecule has 166 valence electrons. The molecule has 2 nitrogen and oxygen atoms in total. The molecule has 0 amide bonds. The minimum Gasteiger partial charge on any atom is -0.488 e. The fraction of sp³-hybridized carbons (Fsp3) is 0.259. The summed E-state index contributed by atoms with van der Waals surface area (Å²) in [7, 11) is 0. The highest BCUT2D eigenvalue weighted by Crippen LogP contribution is 2.33. The summed E-state index contributed by atoms with van der Waals surface area (Å²) in [6.45, 7) is 3.72. The van der Waals surface area contributed by atoms with Gasteiger partial charge in [-0.1, -0.05) is 72.8 Å². The van der Waals surface area contributed by atoms with Crippen molar-refractivity contribution in [1.29, 1.82) is 0 Å². The predicted octanol–water partition coefficient (Wildman–Crippen LogP) is 6.93. The Morgan fingerprint density at radius 1 is 0.844 bits per heavy atom. The molecule has 0 radical (unpaired) electrons. The second-order valence-electron chi connectivity index (χ2n) is 8.15. The van der Waals surface area contributed by atoms with Crippen molar-refractivity contribution in [1.82, 2.24) is 4.90 Å². The van der Waals surface area contributed by atoms with E-state index < -0.39 is 11.7 Å². The van der Waals surface area contributed by atoms with Gasteiger partial charge in [-0.05, 0) is 36.3 Å². The van der Waals surface area contributed by atoms with Gasteiger partial charge < -0.3 is 4.74 Å².